The molecule has 120 valence electrons. The molecule has 3 nitrogen and oxygen atoms in total. The van der Waals surface area contributed by atoms with Gasteiger partial charge in [-0.15, -0.1) is 0 Å². The highest BCUT2D eigenvalue weighted by molar-refractivity contribution is 5.87. The van der Waals surface area contributed by atoms with Crippen LogP contribution in [0.3, 0.4) is 0 Å². The van der Waals surface area contributed by atoms with E-state index in [2.05, 4.69) is 25.5 Å². The number of phenols is 1. The van der Waals surface area contributed by atoms with E-state index < -0.39 is 0 Å². The van der Waals surface area contributed by atoms with E-state index in [0.29, 0.717) is 5.75 Å². The normalized spacial score (nSPS) is 11.7. The monoisotopic (exact) mass is 310 g/mol. The fourth-order valence-corrected chi connectivity index (χ4v) is 2.34. The first kappa shape index (κ1) is 16.8. The number of phenolic OH excluding ortho intramolecular Hbond substituents is 1. The number of ether oxygens (including phenoxy) is 1. The second-order valence-corrected chi connectivity index (χ2v) is 6.46. The molecule has 0 bridgehead atoms. The molecule has 0 aliphatic carbocycles. The first-order chi connectivity index (χ1) is 10.8. The zero-order valence-electron chi connectivity index (χ0n) is 14.0. The molecule has 0 radical (unpaired) electrons. The van der Waals surface area contributed by atoms with Crippen LogP contribution in [-0.4, -0.2) is 18.2 Å². The zero-order valence-corrected chi connectivity index (χ0v) is 14.0. The van der Waals surface area contributed by atoms with Crippen molar-refractivity contribution in [3.8, 4) is 16.9 Å². The topological polar surface area (TPSA) is 46.5 Å². The van der Waals surface area contributed by atoms with Gasteiger partial charge in [0.25, 0.3) is 0 Å². The number of carbonyl (C=O) groups excluding carboxylic acids is 1. The number of methoxy groups -OCH3 is 1. The van der Waals surface area contributed by atoms with Gasteiger partial charge in [-0.25, -0.2) is 4.79 Å². The van der Waals surface area contributed by atoms with Crippen LogP contribution in [0.1, 0.15) is 31.9 Å². The van der Waals surface area contributed by atoms with E-state index in [1.165, 1.54) is 13.2 Å². The second kappa shape index (κ2) is 6.69. The van der Waals surface area contributed by atoms with Crippen molar-refractivity contribution in [1.82, 2.24) is 0 Å². The van der Waals surface area contributed by atoms with Crippen molar-refractivity contribution in [3.05, 3.63) is 59.7 Å². The molecule has 0 spiro atoms. The Kier molecular flexibility index (Phi) is 4.89. The maximum Gasteiger partial charge on any atom is 0.330 e. The zero-order chi connectivity index (χ0) is 17.0. The molecule has 0 aliphatic rings. The van der Waals surface area contributed by atoms with Crippen molar-refractivity contribution in [3.63, 3.8) is 0 Å². The Morgan fingerprint density at radius 3 is 2.22 bits per heavy atom. The lowest BCUT2D eigenvalue weighted by Gasteiger charge is -2.21. The molecule has 0 unspecified atom stereocenters. The van der Waals surface area contributed by atoms with Gasteiger partial charge in [0.1, 0.15) is 5.75 Å². The quantitative estimate of drug-likeness (QED) is 0.668. The van der Waals surface area contributed by atoms with Gasteiger partial charge < -0.3 is 9.84 Å². The molecule has 1 N–H and O–H groups in total. The third-order valence-electron chi connectivity index (χ3n) is 3.66. The molecule has 0 atom stereocenters. The van der Waals surface area contributed by atoms with Gasteiger partial charge in [-0.1, -0.05) is 51.1 Å². The maximum absolute atomic E-state index is 11.1. The van der Waals surface area contributed by atoms with Gasteiger partial charge >= 0.3 is 5.97 Å². The number of aromatic hydroxyl groups is 1. The first-order valence-electron chi connectivity index (χ1n) is 7.51. The lowest BCUT2D eigenvalue weighted by atomic mass is 9.84. The molecule has 0 aliphatic heterocycles. The Bertz CT molecular complexity index is 720. The summed E-state index contributed by atoms with van der Waals surface area (Å²) in [5, 5.41) is 10.1. The molecule has 3 heteroatoms. The van der Waals surface area contributed by atoms with Gasteiger partial charge in [0.15, 0.2) is 0 Å². The van der Waals surface area contributed by atoms with E-state index in [-0.39, 0.29) is 11.4 Å². The maximum atomic E-state index is 11.1. The summed E-state index contributed by atoms with van der Waals surface area (Å²) in [5.41, 5.74) is 3.84. The Hall–Kier alpha value is -2.55. The number of rotatable bonds is 3. The number of hydrogen-bond acceptors (Lipinski definition) is 3. The van der Waals surface area contributed by atoms with Crippen molar-refractivity contribution in [1.29, 1.82) is 0 Å². The first-order valence-corrected chi connectivity index (χ1v) is 7.51. The molecule has 2 rings (SSSR count). The number of benzene rings is 2. The summed E-state index contributed by atoms with van der Waals surface area (Å²) < 4.78 is 4.57. The van der Waals surface area contributed by atoms with Crippen molar-refractivity contribution >= 4 is 12.0 Å². The third-order valence-corrected chi connectivity index (χ3v) is 3.66. The minimum atomic E-state index is -0.373. The lowest BCUT2D eigenvalue weighted by Crippen LogP contribution is -2.11. The smallest absolute Gasteiger partial charge is 0.330 e. The van der Waals surface area contributed by atoms with E-state index in [1.807, 2.05) is 36.4 Å². The van der Waals surface area contributed by atoms with Crippen LogP contribution >= 0.6 is 0 Å². The van der Waals surface area contributed by atoms with E-state index in [9.17, 15) is 9.90 Å². The summed E-state index contributed by atoms with van der Waals surface area (Å²) in [6.07, 6.45) is 3.11. The number of carbonyl (C=O) groups is 1. The fraction of sp³-hybridized carbons (Fsp3) is 0.250. The Balaban J connectivity index is 2.30. The summed E-state index contributed by atoms with van der Waals surface area (Å²) >= 11 is 0. The van der Waals surface area contributed by atoms with Crippen LogP contribution in [0.15, 0.2) is 48.5 Å². The predicted molar refractivity (Wildman–Crippen MR) is 93.3 cm³/mol. The highest BCUT2D eigenvalue weighted by Gasteiger charge is 2.18. The summed E-state index contributed by atoms with van der Waals surface area (Å²) in [5.74, 6) is -0.0543. The number of esters is 1. The van der Waals surface area contributed by atoms with Gasteiger partial charge in [0.05, 0.1) is 7.11 Å². The minimum absolute atomic E-state index is 0.122. The van der Waals surface area contributed by atoms with E-state index in [4.69, 9.17) is 0 Å². The van der Waals surface area contributed by atoms with Gasteiger partial charge in [-0.3, -0.25) is 0 Å². The minimum Gasteiger partial charge on any atom is -0.508 e. The predicted octanol–water partition coefficient (Wildman–Crippen LogP) is 4.54. The van der Waals surface area contributed by atoms with Crippen LogP contribution in [-0.2, 0) is 14.9 Å². The van der Waals surface area contributed by atoms with Crippen LogP contribution in [0.4, 0.5) is 0 Å². The molecular weight excluding hydrogens is 288 g/mol. The van der Waals surface area contributed by atoms with Crippen molar-refractivity contribution in [2.24, 2.45) is 0 Å². The van der Waals surface area contributed by atoms with Gasteiger partial charge in [-0.2, -0.15) is 0 Å². The van der Waals surface area contributed by atoms with Crippen LogP contribution in [0.5, 0.6) is 5.75 Å². The molecule has 0 amide bonds. The third kappa shape index (κ3) is 4.22. The highest BCUT2D eigenvalue weighted by atomic mass is 16.5. The Labute approximate surface area is 137 Å². The lowest BCUT2D eigenvalue weighted by molar-refractivity contribution is -0.134. The molecule has 0 saturated heterocycles. The van der Waals surface area contributed by atoms with Gasteiger partial charge in [0.2, 0.25) is 0 Å². The van der Waals surface area contributed by atoms with Crippen molar-refractivity contribution < 1.29 is 14.6 Å². The molecule has 0 fully saturated rings. The van der Waals surface area contributed by atoms with E-state index >= 15 is 0 Å². The SMILES string of the molecule is COC(=O)/C=C/c1ccc(-c2ccc(O)c(C(C)(C)C)c2)cc1. The second-order valence-electron chi connectivity index (χ2n) is 6.46. The van der Waals surface area contributed by atoms with Crippen LogP contribution in [0.2, 0.25) is 0 Å². The highest BCUT2D eigenvalue weighted by Crippen LogP contribution is 2.34. The van der Waals surface area contributed by atoms with Gasteiger partial charge in [0, 0.05) is 6.08 Å². The molecular formula is C20H22O3. The van der Waals surface area contributed by atoms with E-state index in [1.54, 1.807) is 12.1 Å². The summed E-state index contributed by atoms with van der Waals surface area (Å²) in [6.45, 7) is 6.23. The summed E-state index contributed by atoms with van der Waals surface area (Å²) in [7, 11) is 1.35. The standard InChI is InChI=1S/C20H22O3/c1-20(2,3)17-13-16(10-11-18(17)21)15-8-5-14(6-9-15)7-12-19(22)23-4/h5-13,21H,1-4H3/b12-7+. The molecule has 2 aromatic rings. The molecule has 23 heavy (non-hydrogen) atoms. The fourth-order valence-electron chi connectivity index (χ4n) is 2.34. The van der Waals surface area contributed by atoms with Crippen LogP contribution in [0, 0.1) is 0 Å². The average Bonchev–Trinajstić information content (AvgIpc) is 2.52. The Morgan fingerprint density at radius 1 is 1.04 bits per heavy atom. The molecule has 0 heterocycles. The number of hydrogen-bond donors (Lipinski definition) is 1. The van der Waals surface area contributed by atoms with Crippen molar-refractivity contribution in [2.75, 3.05) is 7.11 Å². The average molecular weight is 310 g/mol. The largest absolute Gasteiger partial charge is 0.508 e. The molecule has 2 aromatic carbocycles. The summed E-state index contributed by atoms with van der Waals surface area (Å²) in [4.78, 5) is 11.1. The Morgan fingerprint density at radius 2 is 1.65 bits per heavy atom. The van der Waals surface area contributed by atoms with E-state index in [0.717, 1.165) is 22.3 Å². The van der Waals surface area contributed by atoms with Gasteiger partial charge in [-0.05, 0) is 45.9 Å². The molecule has 0 aromatic heterocycles. The van der Waals surface area contributed by atoms with Crippen molar-refractivity contribution in [2.45, 2.75) is 26.2 Å². The van der Waals surface area contributed by atoms with Crippen LogP contribution < -0.4 is 0 Å². The molecule has 0 saturated carbocycles. The van der Waals surface area contributed by atoms with Crippen LogP contribution in [0.25, 0.3) is 17.2 Å². The summed E-state index contributed by atoms with van der Waals surface area (Å²) in [6, 6.07) is 13.5.